The largest absolute Gasteiger partial charge is 0.381 e. The van der Waals surface area contributed by atoms with Crippen molar-refractivity contribution in [2.75, 3.05) is 20.8 Å². The Kier molecular flexibility index (Phi) is 11.3. The zero-order valence-electron chi connectivity index (χ0n) is 11.3. The van der Waals surface area contributed by atoms with Gasteiger partial charge in [0.05, 0.1) is 6.10 Å². The summed E-state index contributed by atoms with van der Waals surface area (Å²) in [7, 11) is 3.45. The third kappa shape index (κ3) is 8.08. The van der Waals surface area contributed by atoms with Gasteiger partial charge in [0.1, 0.15) is 0 Å². The van der Waals surface area contributed by atoms with Gasteiger partial charge in [0, 0.05) is 27.2 Å². The van der Waals surface area contributed by atoms with Gasteiger partial charge < -0.3 is 14.2 Å². The van der Waals surface area contributed by atoms with Crippen molar-refractivity contribution in [1.82, 2.24) is 0 Å². The van der Waals surface area contributed by atoms with Gasteiger partial charge in [-0.3, -0.25) is 0 Å². The lowest BCUT2D eigenvalue weighted by Gasteiger charge is -2.21. The Morgan fingerprint density at radius 3 is 2.19 bits per heavy atom. The third-order valence-corrected chi connectivity index (χ3v) is 2.78. The highest BCUT2D eigenvalue weighted by Gasteiger charge is 2.15. The predicted octanol–water partition coefficient (Wildman–Crippen LogP) is 3.37. The molecule has 0 aromatic rings. The van der Waals surface area contributed by atoms with Crippen LogP contribution in [0.2, 0.25) is 0 Å². The lowest BCUT2D eigenvalue weighted by atomic mass is 10.1. The molecule has 0 bridgehead atoms. The van der Waals surface area contributed by atoms with Crippen LogP contribution >= 0.6 is 0 Å². The highest BCUT2D eigenvalue weighted by atomic mass is 16.7. The second-order valence-corrected chi connectivity index (χ2v) is 4.06. The number of hydrogen-bond acceptors (Lipinski definition) is 3. The van der Waals surface area contributed by atoms with Crippen LogP contribution < -0.4 is 0 Å². The molecule has 0 aliphatic carbocycles. The summed E-state index contributed by atoms with van der Waals surface area (Å²) >= 11 is 0. The van der Waals surface area contributed by atoms with E-state index in [1.54, 1.807) is 14.2 Å². The quantitative estimate of drug-likeness (QED) is 0.404. The maximum absolute atomic E-state index is 5.45. The fraction of sp³-hybridized carbons (Fsp3) is 1.00. The molecule has 0 spiro atoms. The Balaban J connectivity index is 3.70. The molecule has 3 nitrogen and oxygen atoms in total. The third-order valence-electron chi connectivity index (χ3n) is 2.78. The van der Waals surface area contributed by atoms with E-state index in [1.165, 1.54) is 25.7 Å². The smallest absolute Gasteiger partial charge is 0.159 e. The molecule has 0 aromatic heterocycles. The zero-order chi connectivity index (χ0) is 12.2. The molecule has 3 heteroatoms. The molecule has 0 aromatic carbocycles. The Morgan fingerprint density at radius 1 is 0.938 bits per heavy atom. The second-order valence-electron chi connectivity index (χ2n) is 4.06. The van der Waals surface area contributed by atoms with Crippen molar-refractivity contribution in [3.8, 4) is 0 Å². The van der Waals surface area contributed by atoms with Crippen LogP contribution in [-0.2, 0) is 14.2 Å². The molecule has 16 heavy (non-hydrogen) atoms. The van der Waals surface area contributed by atoms with Crippen LogP contribution in [0.3, 0.4) is 0 Å². The fourth-order valence-electron chi connectivity index (χ4n) is 1.76. The van der Waals surface area contributed by atoms with E-state index >= 15 is 0 Å². The van der Waals surface area contributed by atoms with Gasteiger partial charge in [0.25, 0.3) is 0 Å². The topological polar surface area (TPSA) is 27.7 Å². The molecule has 0 amide bonds. The first kappa shape index (κ1) is 15.9. The van der Waals surface area contributed by atoms with Crippen LogP contribution in [0.25, 0.3) is 0 Å². The Hall–Kier alpha value is -0.120. The summed E-state index contributed by atoms with van der Waals surface area (Å²) in [5, 5.41) is 0. The zero-order valence-corrected chi connectivity index (χ0v) is 11.3. The van der Waals surface area contributed by atoms with Crippen molar-refractivity contribution >= 4 is 0 Å². The SMILES string of the molecule is CCCCCCC(CC(OC)OCC)OC. The van der Waals surface area contributed by atoms with Crippen LogP contribution in [0, 0.1) is 0 Å². The van der Waals surface area contributed by atoms with E-state index in [2.05, 4.69) is 6.92 Å². The first-order chi connectivity index (χ1) is 7.78. The molecule has 98 valence electrons. The van der Waals surface area contributed by atoms with Crippen LogP contribution in [-0.4, -0.2) is 33.2 Å². The number of hydrogen-bond donors (Lipinski definition) is 0. The molecule has 2 atom stereocenters. The van der Waals surface area contributed by atoms with Crippen LogP contribution in [0.4, 0.5) is 0 Å². The molecule has 0 aliphatic rings. The van der Waals surface area contributed by atoms with Crippen molar-refractivity contribution < 1.29 is 14.2 Å². The Labute approximate surface area is 100 Å². The summed E-state index contributed by atoms with van der Waals surface area (Å²) in [6.45, 7) is 4.89. The van der Waals surface area contributed by atoms with Gasteiger partial charge in [-0.15, -0.1) is 0 Å². The van der Waals surface area contributed by atoms with Crippen molar-refractivity contribution in [2.45, 2.75) is 64.8 Å². The summed E-state index contributed by atoms with van der Waals surface area (Å²) in [5.41, 5.74) is 0. The average Bonchev–Trinajstić information content (AvgIpc) is 2.31. The number of rotatable bonds is 11. The minimum atomic E-state index is -0.124. The van der Waals surface area contributed by atoms with E-state index in [9.17, 15) is 0 Å². The summed E-state index contributed by atoms with van der Waals surface area (Å²) in [5.74, 6) is 0. The molecule has 0 fully saturated rings. The van der Waals surface area contributed by atoms with E-state index in [1.807, 2.05) is 6.92 Å². The maximum atomic E-state index is 5.45. The van der Waals surface area contributed by atoms with Gasteiger partial charge in [-0.25, -0.2) is 0 Å². The molecule has 2 unspecified atom stereocenters. The number of unbranched alkanes of at least 4 members (excludes halogenated alkanes) is 3. The molecule has 0 radical (unpaired) electrons. The molecule has 0 saturated carbocycles. The van der Waals surface area contributed by atoms with E-state index in [0.29, 0.717) is 6.61 Å². The lowest BCUT2D eigenvalue weighted by Crippen LogP contribution is -2.24. The van der Waals surface area contributed by atoms with Gasteiger partial charge >= 0.3 is 0 Å². The van der Waals surface area contributed by atoms with Crippen molar-refractivity contribution in [3.05, 3.63) is 0 Å². The highest BCUT2D eigenvalue weighted by Crippen LogP contribution is 2.14. The molecule has 0 aliphatic heterocycles. The molecule has 0 saturated heterocycles. The number of ether oxygens (including phenoxy) is 3. The van der Waals surface area contributed by atoms with E-state index in [-0.39, 0.29) is 12.4 Å². The molecule has 0 rings (SSSR count). The maximum Gasteiger partial charge on any atom is 0.159 e. The first-order valence-corrected chi connectivity index (χ1v) is 6.45. The highest BCUT2D eigenvalue weighted by molar-refractivity contribution is 4.61. The van der Waals surface area contributed by atoms with Gasteiger partial charge in [-0.05, 0) is 13.3 Å². The van der Waals surface area contributed by atoms with Gasteiger partial charge in [-0.1, -0.05) is 32.6 Å². The van der Waals surface area contributed by atoms with Gasteiger partial charge in [0.15, 0.2) is 6.29 Å². The minimum absolute atomic E-state index is 0.124. The standard InChI is InChI=1S/C13H28O3/c1-5-7-8-9-10-12(14-3)11-13(15-4)16-6-2/h12-13H,5-11H2,1-4H3. The van der Waals surface area contributed by atoms with Crippen LogP contribution in [0.1, 0.15) is 52.4 Å². The normalized spacial score (nSPS) is 15.0. The number of methoxy groups -OCH3 is 2. The van der Waals surface area contributed by atoms with E-state index < -0.39 is 0 Å². The fourth-order valence-corrected chi connectivity index (χ4v) is 1.76. The van der Waals surface area contributed by atoms with E-state index in [0.717, 1.165) is 12.8 Å². The second kappa shape index (κ2) is 11.4. The molecular weight excluding hydrogens is 204 g/mol. The molecular formula is C13H28O3. The minimum Gasteiger partial charge on any atom is -0.381 e. The lowest BCUT2D eigenvalue weighted by molar-refractivity contribution is -0.141. The van der Waals surface area contributed by atoms with Gasteiger partial charge in [-0.2, -0.15) is 0 Å². The summed E-state index contributed by atoms with van der Waals surface area (Å²) in [6, 6.07) is 0. The predicted molar refractivity (Wildman–Crippen MR) is 66.6 cm³/mol. The van der Waals surface area contributed by atoms with Gasteiger partial charge in [0.2, 0.25) is 0 Å². The van der Waals surface area contributed by atoms with Crippen molar-refractivity contribution in [2.24, 2.45) is 0 Å². The molecule has 0 heterocycles. The van der Waals surface area contributed by atoms with Crippen molar-refractivity contribution in [3.63, 3.8) is 0 Å². The Bertz CT molecular complexity index is 139. The monoisotopic (exact) mass is 232 g/mol. The summed E-state index contributed by atoms with van der Waals surface area (Å²) in [6.07, 6.45) is 7.18. The average molecular weight is 232 g/mol. The summed E-state index contributed by atoms with van der Waals surface area (Å²) < 4.78 is 16.1. The first-order valence-electron chi connectivity index (χ1n) is 6.45. The summed E-state index contributed by atoms with van der Waals surface area (Å²) in [4.78, 5) is 0. The van der Waals surface area contributed by atoms with Crippen LogP contribution in [0.5, 0.6) is 0 Å². The van der Waals surface area contributed by atoms with Crippen LogP contribution in [0.15, 0.2) is 0 Å². The van der Waals surface area contributed by atoms with Crippen molar-refractivity contribution in [1.29, 1.82) is 0 Å². The van der Waals surface area contributed by atoms with E-state index in [4.69, 9.17) is 14.2 Å². The Morgan fingerprint density at radius 2 is 1.69 bits per heavy atom. The molecule has 0 N–H and O–H groups in total.